The molecule has 0 spiro atoms. The van der Waals surface area contributed by atoms with Crippen LogP contribution in [0.4, 0.5) is 0 Å². The second kappa shape index (κ2) is 4.13. The summed E-state index contributed by atoms with van der Waals surface area (Å²) < 4.78 is 24.6. The molecule has 0 amide bonds. The zero-order valence-electron chi connectivity index (χ0n) is 5.99. The van der Waals surface area contributed by atoms with E-state index >= 15 is 0 Å². The molecule has 12 heavy (non-hydrogen) atoms. The molecule has 0 rings (SSSR count). The van der Waals surface area contributed by atoms with Crippen molar-refractivity contribution in [2.75, 3.05) is 0 Å². The van der Waals surface area contributed by atoms with Crippen LogP contribution in [-0.2, 0) is 13.8 Å². The van der Waals surface area contributed by atoms with Crippen LogP contribution < -0.4 is 4.86 Å². The van der Waals surface area contributed by atoms with E-state index in [0.29, 0.717) is 0 Å². The summed E-state index contributed by atoms with van der Waals surface area (Å²) in [5, 5.41) is 2.88. The summed E-state index contributed by atoms with van der Waals surface area (Å²) in [6, 6.07) is 0. The topological polar surface area (TPSA) is 128 Å². The van der Waals surface area contributed by atoms with Crippen molar-refractivity contribution in [1.82, 2.24) is 4.86 Å². The molecule has 10 heteroatoms. The molecule has 0 aromatic heterocycles. The number of nitrogens with one attached hydrogen (secondary N) is 1. The lowest BCUT2D eigenvalue weighted by Crippen LogP contribution is -2.06. The molecule has 72 valence electrons. The first-order valence-electron chi connectivity index (χ1n) is 2.61. The molecule has 0 aliphatic carbocycles. The lowest BCUT2D eigenvalue weighted by atomic mass is 10.9. The van der Waals surface area contributed by atoms with Crippen LogP contribution in [0.25, 0.3) is 0 Å². The van der Waals surface area contributed by atoms with Crippen molar-refractivity contribution < 1.29 is 28.4 Å². The number of rotatable bonds is 4. The van der Waals surface area contributed by atoms with E-state index in [1.165, 1.54) is 6.92 Å². The van der Waals surface area contributed by atoms with Crippen molar-refractivity contribution in [3.8, 4) is 0 Å². The summed E-state index contributed by atoms with van der Waals surface area (Å²) in [6.07, 6.45) is 1.05. The van der Waals surface area contributed by atoms with Gasteiger partial charge in [-0.25, -0.2) is 9.13 Å². The standard InChI is InChI=1S/C2H8N2O6P2/c1-2-3-10-12(8,9)4-11(5,6)7/h2H,1H3,(H4,4,5,6,7,8,9). The number of hydrogen-bond donors (Lipinski definition) is 4. The average Bonchev–Trinajstić information content (AvgIpc) is 1.78. The minimum Gasteiger partial charge on any atom is -0.312 e. The fourth-order valence-electron chi connectivity index (χ4n) is 0.294. The predicted octanol–water partition coefficient (Wildman–Crippen LogP) is -0.209. The maximum atomic E-state index is 10.6. The van der Waals surface area contributed by atoms with Gasteiger partial charge in [0.2, 0.25) is 0 Å². The first kappa shape index (κ1) is 11.8. The molecule has 0 aromatic carbocycles. The van der Waals surface area contributed by atoms with Crippen molar-refractivity contribution >= 4 is 21.7 Å². The third kappa shape index (κ3) is 6.48. The predicted molar refractivity (Wildman–Crippen MR) is 40.3 cm³/mol. The number of nitrogens with zero attached hydrogens (tertiary/aromatic N) is 1. The Hall–Kier alpha value is -0.230. The molecule has 0 saturated carbocycles. The van der Waals surface area contributed by atoms with E-state index in [2.05, 4.69) is 9.78 Å². The van der Waals surface area contributed by atoms with Gasteiger partial charge in [-0.1, -0.05) is 5.16 Å². The van der Waals surface area contributed by atoms with Crippen LogP contribution in [0.1, 0.15) is 6.92 Å². The van der Waals surface area contributed by atoms with Crippen LogP contribution in [0, 0.1) is 0 Å². The highest BCUT2D eigenvalue weighted by molar-refractivity contribution is 7.66. The molecule has 1 unspecified atom stereocenters. The van der Waals surface area contributed by atoms with Gasteiger partial charge in [-0.15, -0.1) is 4.86 Å². The minimum atomic E-state index is -4.79. The van der Waals surface area contributed by atoms with Crippen LogP contribution in [0.2, 0.25) is 0 Å². The van der Waals surface area contributed by atoms with Gasteiger partial charge in [0.25, 0.3) is 0 Å². The molecular weight excluding hydrogens is 210 g/mol. The van der Waals surface area contributed by atoms with E-state index in [9.17, 15) is 9.13 Å². The highest BCUT2D eigenvalue weighted by Gasteiger charge is 2.30. The molecule has 0 aliphatic heterocycles. The molecule has 8 nitrogen and oxygen atoms in total. The van der Waals surface area contributed by atoms with E-state index in [0.717, 1.165) is 11.1 Å². The zero-order chi connectivity index (χ0) is 9.83. The van der Waals surface area contributed by atoms with E-state index in [1.807, 2.05) is 0 Å². The molecule has 0 saturated heterocycles. The smallest absolute Gasteiger partial charge is 0.312 e. The van der Waals surface area contributed by atoms with E-state index in [-0.39, 0.29) is 0 Å². The van der Waals surface area contributed by atoms with E-state index in [1.54, 1.807) is 0 Å². The highest BCUT2D eigenvalue weighted by Crippen LogP contribution is 2.48. The first-order valence-corrected chi connectivity index (χ1v) is 5.80. The van der Waals surface area contributed by atoms with Gasteiger partial charge in [0.15, 0.2) is 0 Å². The lowest BCUT2D eigenvalue weighted by Gasteiger charge is -2.09. The van der Waals surface area contributed by atoms with Crippen LogP contribution in [0.15, 0.2) is 5.16 Å². The first-order chi connectivity index (χ1) is 5.27. The largest absolute Gasteiger partial charge is 0.485 e. The Kier molecular flexibility index (Phi) is 4.05. The lowest BCUT2D eigenvalue weighted by molar-refractivity contribution is 0.264. The second-order valence-electron chi connectivity index (χ2n) is 1.61. The van der Waals surface area contributed by atoms with E-state index in [4.69, 9.17) is 14.7 Å². The molecule has 0 heterocycles. The Bertz CT molecular complexity index is 256. The fraction of sp³-hybridized carbons (Fsp3) is 0.500. The highest BCUT2D eigenvalue weighted by atomic mass is 31.3. The minimum absolute atomic E-state index is 1.05. The van der Waals surface area contributed by atoms with Crippen molar-refractivity contribution in [3.05, 3.63) is 0 Å². The number of hydrogen-bond acceptors (Lipinski definition) is 4. The van der Waals surface area contributed by atoms with Gasteiger partial charge in [0.05, 0.1) is 0 Å². The van der Waals surface area contributed by atoms with Crippen molar-refractivity contribution in [2.45, 2.75) is 6.92 Å². The number of oxime groups is 1. The Balaban J connectivity index is 4.24. The third-order valence-electron chi connectivity index (χ3n) is 0.520. The maximum Gasteiger partial charge on any atom is 0.485 e. The van der Waals surface area contributed by atoms with Gasteiger partial charge < -0.3 is 19.3 Å². The molecule has 4 N–H and O–H groups in total. The van der Waals surface area contributed by atoms with Gasteiger partial charge >= 0.3 is 15.5 Å². The average molecular weight is 218 g/mol. The summed E-state index contributed by atoms with van der Waals surface area (Å²) in [5.41, 5.74) is 0. The molecule has 0 aromatic rings. The Labute approximate surface area is 68.0 Å². The molecule has 1 atom stereocenters. The molecule has 0 radical (unpaired) electrons. The summed E-state index contributed by atoms with van der Waals surface area (Å²) in [7, 11) is -9.33. The van der Waals surface area contributed by atoms with Gasteiger partial charge in [-0.3, -0.25) is 0 Å². The van der Waals surface area contributed by atoms with Crippen molar-refractivity contribution in [2.24, 2.45) is 5.16 Å². The van der Waals surface area contributed by atoms with Crippen molar-refractivity contribution in [3.63, 3.8) is 0 Å². The van der Waals surface area contributed by atoms with Crippen LogP contribution in [-0.4, -0.2) is 20.9 Å². The SMILES string of the molecule is CC=NOP(=O)(O)NP(=O)(O)O. The third-order valence-corrected chi connectivity index (χ3v) is 2.89. The molecule has 0 fully saturated rings. The fourth-order valence-corrected chi connectivity index (χ4v) is 1.98. The summed E-state index contributed by atoms with van der Waals surface area (Å²) >= 11 is 0. The van der Waals surface area contributed by atoms with Crippen molar-refractivity contribution in [1.29, 1.82) is 0 Å². The van der Waals surface area contributed by atoms with Gasteiger partial charge in [0.1, 0.15) is 0 Å². The Morgan fingerprint density at radius 2 is 1.92 bits per heavy atom. The molecule has 0 aliphatic rings. The summed E-state index contributed by atoms with van der Waals surface area (Å²) in [6.45, 7) is 1.40. The summed E-state index contributed by atoms with van der Waals surface area (Å²) in [5.74, 6) is 0. The normalized spacial score (nSPS) is 17.7. The van der Waals surface area contributed by atoms with Crippen LogP contribution in [0.3, 0.4) is 0 Å². The quantitative estimate of drug-likeness (QED) is 0.292. The van der Waals surface area contributed by atoms with Gasteiger partial charge in [0, 0.05) is 6.21 Å². The monoisotopic (exact) mass is 218 g/mol. The maximum absolute atomic E-state index is 10.6. The zero-order valence-corrected chi connectivity index (χ0v) is 7.77. The summed E-state index contributed by atoms with van der Waals surface area (Å²) in [4.78, 5) is 26.0. The van der Waals surface area contributed by atoms with E-state index < -0.39 is 15.5 Å². The van der Waals surface area contributed by atoms with Crippen LogP contribution in [0.5, 0.6) is 0 Å². The van der Waals surface area contributed by atoms with Gasteiger partial charge in [-0.05, 0) is 6.92 Å². The molecule has 0 bridgehead atoms. The van der Waals surface area contributed by atoms with Crippen LogP contribution >= 0.6 is 15.5 Å². The Morgan fingerprint density at radius 1 is 1.42 bits per heavy atom. The molecular formula is C2H8N2O6P2. The Morgan fingerprint density at radius 3 is 2.25 bits per heavy atom. The second-order valence-corrected chi connectivity index (χ2v) is 4.70. The van der Waals surface area contributed by atoms with Gasteiger partial charge in [-0.2, -0.15) is 0 Å².